The molecule has 97 heavy (non-hydrogen) atoms. The van der Waals surface area contributed by atoms with E-state index in [-0.39, 0.29) is 25.3 Å². The molecular weight excluding hydrogens is 1640 g/mol. The predicted molar refractivity (Wildman–Crippen MR) is 317 cm³/mol. The van der Waals surface area contributed by atoms with Crippen LogP contribution in [0.1, 0.15) is 0 Å². The fourth-order valence-electron chi connectivity index (χ4n) is 4.85. The Balaban J connectivity index is 4.53. The molecule has 0 aliphatic heterocycles. The summed E-state index contributed by atoms with van der Waals surface area (Å²) in [5.41, 5.74) is 0. The van der Waals surface area contributed by atoms with Gasteiger partial charge in [0.05, 0.1) is 165 Å². The molecule has 13 unspecified atom stereocenters. The first kappa shape index (κ1) is 98.8. The Labute approximate surface area is 558 Å². The molecule has 13 atom stereocenters. The number of phosphoric ester groups is 12. The third kappa shape index (κ3) is 60.5. The maximum Gasteiger partial charge on any atom is 0.473 e. The minimum atomic E-state index is -5.18. The van der Waals surface area contributed by atoms with Gasteiger partial charge in [0.2, 0.25) is 0 Å². The van der Waals surface area contributed by atoms with E-state index in [4.69, 9.17) is 33.4 Å². The van der Waals surface area contributed by atoms with Crippen molar-refractivity contribution < 1.29 is 237 Å². The van der Waals surface area contributed by atoms with Gasteiger partial charge in [0, 0.05) is 0 Å². The van der Waals surface area contributed by atoms with E-state index in [0.29, 0.717) is 0 Å². The summed E-state index contributed by atoms with van der Waals surface area (Å²) in [4.78, 5) is 126. The summed E-state index contributed by atoms with van der Waals surface area (Å²) in [5, 5.41) is 13.7. The molecular formula is C30H76N2O51P12S2. The van der Waals surface area contributed by atoms with Crippen LogP contribution in [0.25, 0.3) is 0 Å². The van der Waals surface area contributed by atoms with Crippen LogP contribution in [0.15, 0.2) is 0 Å². The van der Waals surface area contributed by atoms with Gasteiger partial charge in [0.25, 0.3) is 0 Å². The van der Waals surface area contributed by atoms with Crippen molar-refractivity contribution in [3.05, 3.63) is 0 Å². The third-order valence-corrected chi connectivity index (χ3v) is 21.7. The minimum Gasteiger partial charge on any atom is -0.385 e. The van der Waals surface area contributed by atoms with E-state index in [0.717, 1.165) is 21.6 Å². The summed E-state index contributed by atoms with van der Waals surface area (Å²) in [6.07, 6.45) is -3.23. The number of aliphatic hydroxyl groups excluding tert-OH is 1. The molecule has 53 nitrogen and oxygen atoms in total. The van der Waals surface area contributed by atoms with Crippen LogP contribution in [0.5, 0.6) is 0 Å². The molecule has 0 aromatic carbocycles. The summed E-state index contributed by atoms with van der Waals surface area (Å²) in [5.74, 6) is -0.653. The predicted octanol–water partition coefficient (Wildman–Crippen LogP) is 0.978. The number of hydrogen-bond acceptors (Lipinski definition) is 42. The van der Waals surface area contributed by atoms with Crippen molar-refractivity contribution >= 4 is 115 Å². The zero-order chi connectivity index (χ0) is 74.0. The first-order valence-corrected chi connectivity index (χ1v) is 46.0. The molecule has 0 aromatic rings. The second kappa shape index (κ2) is 50.4. The molecule has 0 aliphatic carbocycles. The van der Waals surface area contributed by atoms with Crippen molar-refractivity contribution in [2.45, 2.75) is 12.2 Å². The monoisotopic (exact) mass is 1720 g/mol. The molecule has 16 N–H and O–H groups in total. The fraction of sp³-hybridized carbons (Fsp3) is 1.00. The van der Waals surface area contributed by atoms with E-state index in [9.17, 15) is 109 Å². The van der Waals surface area contributed by atoms with Gasteiger partial charge in [0.1, 0.15) is 18.1 Å². The van der Waals surface area contributed by atoms with Crippen LogP contribution in [0, 0.1) is 0 Å². The molecule has 0 aliphatic rings. The van der Waals surface area contributed by atoms with Crippen LogP contribution < -0.4 is 10.6 Å². The summed E-state index contributed by atoms with van der Waals surface area (Å²) in [7, 11) is -55.2. The van der Waals surface area contributed by atoms with Crippen LogP contribution in [-0.2, 0) is 168 Å². The smallest absolute Gasteiger partial charge is 0.385 e. The highest BCUT2D eigenvalue weighted by Crippen LogP contribution is 2.53. The van der Waals surface area contributed by atoms with E-state index < -0.39 is 251 Å². The summed E-state index contributed by atoms with van der Waals surface area (Å²) >= 11 is 0. The maximum atomic E-state index is 12.6. The quantitative estimate of drug-likeness (QED) is 0.0175. The number of rotatable bonds is 68. The van der Waals surface area contributed by atoms with E-state index in [1.165, 1.54) is 14.1 Å². The number of nitrogens with one attached hydrogen (secondary N) is 2. The topological polar surface area (TPSA) is 743 Å². The highest BCUT2D eigenvalue weighted by molar-refractivity contribution is 8.76. The molecule has 0 rings (SSSR count). The number of aliphatic hydroxyl groups is 1. The van der Waals surface area contributed by atoms with Crippen LogP contribution >= 0.6 is 115 Å². The van der Waals surface area contributed by atoms with Gasteiger partial charge in [-0.2, -0.15) is 0 Å². The Morgan fingerprint density at radius 3 is 0.670 bits per heavy atom. The van der Waals surface area contributed by atoms with Crippen molar-refractivity contribution in [2.75, 3.05) is 185 Å². The van der Waals surface area contributed by atoms with Gasteiger partial charge in [-0.05, 0) is 14.1 Å². The lowest BCUT2D eigenvalue weighted by Crippen LogP contribution is -2.27. The van der Waals surface area contributed by atoms with Crippen molar-refractivity contribution in [1.29, 1.82) is 0 Å². The molecule has 0 aromatic heterocycles. The molecule has 0 saturated carbocycles. The lowest BCUT2D eigenvalue weighted by atomic mass is 10.4. The van der Waals surface area contributed by atoms with Crippen molar-refractivity contribution in [3.8, 4) is 0 Å². The zero-order valence-corrected chi connectivity index (χ0v) is 62.5. The second-order valence-corrected chi connectivity index (χ2v) is 35.6. The van der Waals surface area contributed by atoms with Gasteiger partial charge in [-0.25, -0.2) is 54.8 Å². The molecule has 67 heteroatoms. The van der Waals surface area contributed by atoms with Crippen LogP contribution in [-0.4, -0.2) is 266 Å². The van der Waals surface area contributed by atoms with E-state index in [1.807, 2.05) is 0 Å². The van der Waals surface area contributed by atoms with Crippen molar-refractivity contribution in [1.82, 2.24) is 10.6 Å². The first-order valence-electron chi connectivity index (χ1n) is 25.6. The van der Waals surface area contributed by atoms with Crippen molar-refractivity contribution in [3.63, 3.8) is 0 Å². The third-order valence-electron chi connectivity index (χ3n) is 8.25. The lowest BCUT2D eigenvalue weighted by Gasteiger charge is -2.22. The standard InChI is InChI=1S/C30H76N2O51P12S2/c1-31-25-59-21-29(82-84(34,35)36)23-79-92(51,52)75-16-13-71-89(45,46)69-10-9-67-87(41,42)65-6-5-63-85(37,38)61-3-4-62-86(39,40)64-7-8-66-88(43,44)68-11-12-70-91(49,50)74-19-20-78-95(57,58)83-30(22-60-26-32-2)24-80-93(53,54)76-17-14-72-90(47,48)73-15-18-77-94(55,56)81-28-97-96-27-33/h29-33H,3-28H2,1-2H3,(H,37,38)(H,39,40)(H,41,42)(H,43,44)(H,45,46)(H,47,48)(H,49,50)(H,51,52)(H,53,54)(H,55,56)(H,57,58)(H2,34,35,36). The SMILES string of the molecule is CNCOCC(COP(=O)(O)OCCOP(=O)(O)OCCOP(=O)(O)OCCOP(=O)(O)OCCOP(=O)(O)OCCOP(=O)(O)OCCOP(=O)(O)OCCOP(=O)(O)OC(COCNC)COP(=O)(O)OCCOP(=O)(O)OCCOP(=O)(O)OCSSCO)OP(=O)(O)O. The van der Waals surface area contributed by atoms with E-state index >= 15 is 0 Å². The van der Waals surface area contributed by atoms with Gasteiger partial charge >= 0.3 is 93.9 Å². The minimum absolute atomic E-state index is 0.0954. The summed E-state index contributed by atoms with van der Waals surface area (Å²) < 4.78 is 259. The Morgan fingerprint density at radius 1 is 0.268 bits per heavy atom. The summed E-state index contributed by atoms with van der Waals surface area (Å²) in [6.45, 7) is -19.8. The molecule has 0 fully saturated rings. The zero-order valence-electron chi connectivity index (χ0n) is 50.1. The second-order valence-electron chi connectivity index (χ2n) is 16.0. The first-order chi connectivity index (χ1) is 44.7. The Kier molecular flexibility index (Phi) is 51.4. The van der Waals surface area contributed by atoms with Crippen LogP contribution in [0.3, 0.4) is 0 Å². The molecule has 0 spiro atoms. The van der Waals surface area contributed by atoms with Gasteiger partial charge in [-0.1, -0.05) is 21.6 Å². The average Bonchev–Trinajstić information content (AvgIpc) is 1.11. The van der Waals surface area contributed by atoms with Gasteiger partial charge in [0.15, 0.2) is 0 Å². The molecule has 584 valence electrons. The van der Waals surface area contributed by atoms with Crippen LogP contribution in [0.2, 0.25) is 0 Å². The Bertz CT molecular complexity index is 2790. The molecule has 0 amide bonds. The maximum absolute atomic E-state index is 12.6. The number of phosphoric acid groups is 12. The van der Waals surface area contributed by atoms with Gasteiger partial charge in [-0.3, -0.25) is 115 Å². The average molecular weight is 1720 g/mol. The van der Waals surface area contributed by atoms with E-state index in [2.05, 4.69) is 106 Å². The summed E-state index contributed by atoms with van der Waals surface area (Å²) in [6, 6.07) is 0. The Morgan fingerprint density at radius 2 is 0.464 bits per heavy atom. The number of hydrogen-bond donors (Lipinski definition) is 16. The molecule has 0 heterocycles. The molecule has 0 bridgehead atoms. The highest BCUT2D eigenvalue weighted by Gasteiger charge is 2.35. The fourth-order valence-corrected chi connectivity index (χ4v) is 14.5. The van der Waals surface area contributed by atoms with Crippen LogP contribution in [0.4, 0.5) is 0 Å². The highest BCUT2D eigenvalue weighted by atomic mass is 33.1. The normalized spacial score (nSPS) is 20.0. The van der Waals surface area contributed by atoms with E-state index in [1.54, 1.807) is 0 Å². The van der Waals surface area contributed by atoms with Gasteiger partial charge < -0.3 is 78.2 Å². The number of ether oxygens (including phenoxy) is 2. The lowest BCUT2D eigenvalue weighted by molar-refractivity contribution is -0.00866. The largest absolute Gasteiger partial charge is 0.473 e. The molecule has 0 radical (unpaired) electrons. The molecule has 0 saturated heterocycles. The van der Waals surface area contributed by atoms with Gasteiger partial charge in [-0.15, -0.1) is 0 Å². The van der Waals surface area contributed by atoms with Crippen molar-refractivity contribution in [2.24, 2.45) is 0 Å². The Hall–Kier alpha value is 1.82.